The lowest BCUT2D eigenvalue weighted by Gasteiger charge is -2.03. The van der Waals surface area contributed by atoms with Crippen LogP contribution in [0.3, 0.4) is 0 Å². The van der Waals surface area contributed by atoms with Gasteiger partial charge in [0, 0.05) is 16.8 Å². The van der Waals surface area contributed by atoms with Crippen molar-refractivity contribution >= 4 is 40.6 Å². The standard InChI is InChI=1S/C18H15ClN2O3S/c1-2-24-15(22)11-25-18-16(14-5-3-4-10-21(14)20-18)17(23)12-6-8-13(19)9-7-12/h3-10H,2,11H2,1H3. The highest BCUT2D eigenvalue weighted by molar-refractivity contribution is 8.00. The number of fused-ring (bicyclic) bond motifs is 1. The summed E-state index contributed by atoms with van der Waals surface area (Å²) in [6, 6.07) is 12.2. The number of hydrogen-bond donors (Lipinski definition) is 0. The molecular weight excluding hydrogens is 360 g/mol. The van der Waals surface area contributed by atoms with Crippen LogP contribution in [-0.4, -0.2) is 33.7 Å². The van der Waals surface area contributed by atoms with Crippen molar-refractivity contribution in [1.29, 1.82) is 0 Å². The van der Waals surface area contributed by atoms with Gasteiger partial charge in [0.15, 0.2) is 5.78 Å². The molecule has 5 nitrogen and oxygen atoms in total. The van der Waals surface area contributed by atoms with Crippen molar-refractivity contribution in [2.45, 2.75) is 11.9 Å². The molecule has 7 heteroatoms. The van der Waals surface area contributed by atoms with Gasteiger partial charge in [-0.3, -0.25) is 9.59 Å². The van der Waals surface area contributed by atoms with Crippen LogP contribution >= 0.6 is 23.4 Å². The van der Waals surface area contributed by atoms with E-state index in [1.54, 1.807) is 41.9 Å². The minimum absolute atomic E-state index is 0.0959. The highest BCUT2D eigenvalue weighted by atomic mass is 35.5. The summed E-state index contributed by atoms with van der Waals surface area (Å²) in [5.41, 5.74) is 1.67. The third-order valence-electron chi connectivity index (χ3n) is 3.47. The van der Waals surface area contributed by atoms with Crippen molar-refractivity contribution in [2.24, 2.45) is 0 Å². The van der Waals surface area contributed by atoms with Crippen molar-refractivity contribution in [2.75, 3.05) is 12.4 Å². The molecule has 0 N–H and O–H groups in total. The first-order valence-corrected chi connectivity index (χ1v) is 9.02. The van der Waals surface area contributed by atoms with Crippen LogP contribution in [0.15, 0.2) is 53.7 Å². The molecule has 2 heterocycles. The van der Waals surface area contributed by atoms with Crippen LogP contribution in [0.1, 0.15) is 22.8 Å². The Bertz CT molecular complexity index is 922. The number of esters is 1. The molecule has 0 aliphatic rings. The number of hydrogen-bond acceptors (Lipinski definition) is 5. The van der Waals surface area contributed by atoms with E-state index in [0.717, 1.165) is 0 Å². The Balaban J connectivity index is 1.99. The number of rotatable bonds is 6. The number of ketones is 1. The quantitative estimate of drug-likeness (QED) is 0.372. The fourth-order valence-electron chi connectivity index (χ4n) is 2.37. The zero-order chi connectivity index (χ0) is 17.8. The summed E-state index contributed by atoms with van der Waals surface area (Å²) in [7, 11) is 0. The maximum atomic E-state index is 13.0. The maximum Gasteiger partial charge on any atom is 0.316 e. The highest BCUT2D eigenvalue weighted by Gasteiger charge is 2.22. The smallest absolute Gasteiger partial charge is 0.316 e. The lowest BCUT2D eigenvalue weighted by Crippen LogP contribution is -2.08. The molecule has 0 saturated carbocycles. The third kappa shape index (κ3) is 3.86. The van der Waals surface area contributed by atoms with Crippen molar-refractivity contribution in [3.8, 4) is 0 Å². The Labute approximate surface area is 153 Å². The number of benzene rings is 1. The molecule has 0 saturated heterocycles. The van der Waals surface area contributed by atoms with Crippen LogP contribution in [0.5, 0.6) is 0 Å². The van der Waals surface area contributed by atoms with E-state index in [0.29, 0.717) is 33.3 Å². The predicted molar refractivity (Wildman–Crippen MR) is 97.4 cm³/mol. The van der Waals surface area contributed by atoms with Gasteiger partial charge < -0.3 is 4.74 Å². The van der Waals surface area contributed by atoms with E-state index in [1.165, 1.54) is 11.8 Å². The van der Waals surface area contributed by atoms with Crippen LogP contribution < -0.4 is 0 Å². The molecule has 1 aromatic carbocycles. The number of nitrogens with zero attached hydrogens (tertiary/aromatic N) is 2. The highest BCUT2D eigenvalue weighted by Crippen LogP contribution is 2.28. The van der Waals surface area contributed by atoms with E-state index in [-0.39, 0.29) is 17.5 Å². The van der Waals surface area contributed by atoms with Gasteiger partial charge in [-0.05, 0) is 43.3 Å². The van der Waals surface area contributed by atoms with E-state index in [4.69, 9.17) is 16.3 Å². The van der Waals surface area contributed by atoms with E-state index in [1.807, 2.05) is 18.2 Å². The summed E-state index contributed by atoms with van der Waals surface area (Å²) in [6.45, 7) is 2.07. The summed E-state index contributed by atoms with van der Waals surface area (Å²) in [5, 5.41) is 5.50. The van der Waals surface area contributed by atoms with Crippen molar-refractivity contribution in [1.82, 2.24) is 9.61 Å². The first kappa shape index (κ1) is 17.5. The summed E-state index contributed by atoms with van der Waals surface area (Å²) >= 11 is 7.09. The molecule has 0 spiro atoms. The van der Waals surface area contributed by atoms with Crippen LogP contribution in [0, 0.1) is 0 Å². The Morgan fingerprint density at radius 3 is 2.68 bits per heavy atom. The van der Waals surface area contributed by atoms with Crippen molar-refractivity contribution in [3.63, 3.8) is 0 Å². The zero-order valence-corrected chi connectivity index (χ0v) is 15.0. The molecule has 0 radical (unpaired) electrons. The van der Waals surface area contributed by atoms with E-state index in [9.17, 15) is 9.59 Å². The molecular formula is C18H15ClN2O3S. The van der Waals surface area contributed by atoms with Gasteiger partial charge in [-0.2, -0.15) is 5.10 Å². The van der Waals surface area contributed by atoms with E-state index >= 15 is 0 Å². The number of carbonyl (C=O) groups excluding carboxylic acids is 2. The van der Waals surface area contributed by atoms with E-state index < -0.39 is 0 Å². The summed E-state index contributed by atoms with van der Waals surface area (Å²) < 4.78 is 6.58. The van der Waals surface area contributed by atoms with Gasteiger partial charge in [0.1, 0.15) is 5.03 Å². The van der Waals surface area contributed by atoms with Gasteiger partial charge in [0.2, 0.25) is 0 Å². The number of aromatic nitrogens is 2. The molecule has 0 atom stereocenters. The van der Waals surface area contributed by atoms with Crippen molar-refractivity contribution < 1.29 is 14.3 Å². The van der Waals surface area contributed by atoms with Gasteiger partial charge in [-0.1, -0.05) is 29.4 Å². The van der Waals surface area contributed by atoms with E-state index in [2.05, 4.69) is 5.10 Å². The normalized spacial score (nSPS) is 10.8. The van der Waals surface area contributed by atoms with Crippen LogP contribution in [-0.2, 0) is 9.53 Å². The minimum atomic E-state index is -0.338. The molecule has 25 heavy (non-hydrogen) atoms. The molecule has 0 unspecified atom stereocenters. The fourth-order valence-corrected chi connectivity index (χ4v) is 3.32. The average molecular weight is 375 g/mol. The molecule has 0 aliphatic carbocycles. The Hall–Kier alpha value is -2.31. The molecule has 3 aromatic rings. The predicted octanol–water partition coefficient (Wildman–Crippen LogP) is 3.87. The molecule has 0 bridgehead atoms. The lowest BCUT2D eigenvalue weighted by molar-refractivity contribution is -0.139. The van der Waals surface area contributed by atoms with Gasteiger partial charge in [-0.25, -0.2) is 4.52 Å². The topological polar surface area (TPSA) is 60.7 Å². The van der Waals surface area contributed by atoms with Gasteiger partial charge in [0.05, 0.1) is 23.4 Å². The zero-order valence-electron chi connectivity index (χ0n) is 13.4. The molecule has 3 rings (SSSR count). The number of pyridine rings is 1. The molecule has 128 valence electrons. The minimum Gasteiger partial charge on any atom is -0.465 e. The fraction of sp³-hybridized carbons (Fsp3) is 0.167. The second-order valence-corrected chi connectivity index (χ2v) is 6.54. The number of halogens is 1. The van der Waals surface area contributed by atoms with Crippen LogP contribution in [0.2, 0.25) is 5.02 Å². The van der Waals surface area contributed by atoms with Gasteiger partial charge in [0.25, 0.3) is 0 Å². The molecule has 0 amide bonds. The summed E-state index contributed by atoms with van der Waals surface area (Å²) in [5.74, 6) is -0.405. The Kier molecular flexibility index (Phi) is 5.40. The second-order valence-electron chi connectivity index (χ2n) is 5.14. The lowest BCUT2D eigenvalue weighted by atomic mass is 10.0. The number of thioether (sulfide) groups is 1. The summed E-state index contributed by atoms with van der Waals surface area (Å²) in [4.78, 5) is 24.6. The van der Waals surface area contributed by atoms with Crippen LogP contribution in [0.4, 0.5) is 0 Å². The Morgan fingerprint density at radius 2 is 1.96 bits per heavy atom. The molecule has 0 fully saturated rings. The summed E-state index contributed by atoms with van der Waals surface area (Å²) in [6.07, 6.45) is 1.77. The molecule has 2 aromatic heterocycles. The second kappa shape index (κ2) is 7.72. The third-order valence-corrected chi connectivity index (χ3v) is 4.66. The Morgan fingerprint density at radius 1 is 1.20 bits per heavy atom. The first-order valence-electron chi connectivity index (χ1n) is 7.66. The number of ether oxygens (including phenoxy) is 1. The average Bonchev–Trinajstić information content (AvgIpc) is 2.98. The first-order chi connectivity index (χ1) is 12.1. The maximum absolute atomic E-state index is 13.0. The SMILES string of the molecule is CCOC(=O)CSc1nn2ccccc2c1C(=O)c1ccc(Cl)cc1. The number of carbonyl (C=O) groups is 2. The monoisotopic (exact) mass is 374 g/mol. The van der Waals surface area contributed by atoms with Gasteiger partial charge in [-0.15, -0.1) is 0 Å². The largest absolute Gasteiger partial charge is 0.465 e. The molecule has 0 aliphatic heterocycles. The van der Waals surface area contributed by atoms with Gasteiger partial charge >= 0.3 is 5.97 Å². The van der Waals surface area contributed by atoms with Crippen LogP contribution in [0.25, 0.3) is 5.52 Å². The van der Waals surface area contributed by atoms with Crippen molar-refractivity contribution in [3.05, 3.63) is 64.8 Å².